The monoisotopic (exact) mass is 259 g/mol. The Kier molecular flexibility index (Phi) is 3.64. The number of nitrogens with zero attached hydrogens (tertiary/aromatic N) is 3. The molecule has 102 valence electrons. The van der Waals surface area contributed by atoms with E-state index in [1.165, 1.54) is 25.7 Å². The maximum atomic E-state index is 5.88. The van der Waals surface area contributed by atoms with Crippen LogP contribution in [0.3, 0.4) is 0 Å². The van der Waals surface area contributed by atoms with Gasteiger partial charge in [0.05, 0.1) is 6.20 Å². The summed E-state index contributed by atoms with van der Waals surface area (Å²) in [6.45, 7) is 1.76. The Morgan fingerprint density at radius 1 is 1.26 bits per heavy atom. The van der Waals surface area contributed by atoms with Gasteiger partial charge in [-0.25, -0.2) is 9.50 Å². The standard InChI is InChI=1S/C14H21N5/c15-9-11-3-1-2-4-12(11)10-17-14-13-5-6-18-19(13)8-7-16-14/h5-8,11-12H,1-4,9-10,15H2,(H,16,17). The molecule has 2 unspecified atom stereocenters. The number of aromatic nitrogens is 3. The van der Waals surface area contributed by atoms with E-state index < -0.39 is 0 Å². The molecular formula is C14H21N5. The van der Waals surface area contributed by atoms with Crippen molar-refractivity contribution in [1.29, 1.82) is 0 Å². The van der Waals surface area contributed by atoms with E-state index in [4.69, 9.17) is 5.73 Å². The summed E-state index contributed by atoms with van der Waals surface area (Å²) in [7, 11) is 0. The Morgan fingerprint density at radius 3 is 2.95 bits per heavy atom. The van der Waals surface area contributed by atoms with Gasteiger partial charge in [0, 0.05) is 18.9 Å². The van der Waals surface area contributed by atoms with E-state index in [0.29, 0.717) is 11.8 Å². The third kappa shape index (κ3) is 2.56. The zero-order valence-electron chi connectivity index (χ0n) is 11.1. The minimum absolute atomic E-state index is 0.658. The lowest BCUT2D eigenvalue weighted by Crippen LogP contribution is -2.31. The lowest BCUT2D eigenvalue weighted by Gasteiger charge is -2.30. The molecule has 19 heavy (non-hydrogen) atoms. The smallest absolute Gasteiger partial charge is 0.152 e. The summed E-state index contributed by atoms with van der Waals surface area (Å²) in [5.74, 6) is 2.25. The van der Waals surface area contributed by atoms with Crippen LogP contribution in [0.25, 0.3) is 5.52 Å². The molecule has 2 heterocycles. The summed E-state index contributed by atoms with van der Waals surface area (Å²) in [5.41, 5.74) is 6.91. The number of hydrogen-bond donors (Lipinski definition) is 2. The minimum atomic E-state index is 0.658. The van der Waals surface area contributed by atoms with E-state index in [-0.39, 0.29) is 0 Å². The van der Waals surface area contributed by atoms with Crippen LogP contribution in [-0.4, -0.2) is 27.7 Å². The van der Waals surface area contributed by atoms with Crippen LogP contribution in [0.15, 0.2) is 24.7 Å². The molecule has 0 aliphatic heterocycles. The van der Waals surface area contributed by atoms with Crippen LogP contribution in [-0.2, 0) is 0 Å². The molecule has 3 rings (SSSR count). The van der Waals surface area contributed by atoms with Gasteiger partial charge in [0.25, 0.3) is 0 Å². The van der Waals surface area contributed by atoms with E-state index >= 15 is 0 Å². The molecule has 0 spiro atoms. The maximum absolute atomic E-state index is 5.88. The van der Waals surface area contributed by atoms with Crippen molar-refractivity contribution in [2.45, 2.75) is 25.7 Å². The van der Waals surface area contributed by atoms with Gasteiger partial charge in [-0.1, -0.05) is 12.8 Å². The first-order valence-electron chi connectivity index (χ1n) is 7.11. The van der Waals surface area contributed by atoms with Crippen LogP contribution in [0.2, 0.25) is 0 Å². The molecule has 5 nitrogen and oxygen atoms in total. The highest BCUT2D eigenvalue weighted by Crippen LogP contribution is 2.29. The highest BCUT2D eigenvalue weighted by atomic mass is 15.2. The van der Waals surface area contributed by atoms with Crippen LogP contribution in [0.5, 0.6) is 0 Å². The van der Waals surface area contributed by atoms with Gasteiger partial charge in [-0.05, 0) is 37.3 Å². The molecule has 0 radical (unpaired) electrons. The highest BCUT2D eigenvalue weighted by molar-refractivity contribution is 5.66. The van der Waals surface area contributed by atoms with Crippen molar-refractivity contribution in [3.05, 3.63) is 24.7 Å². The van der Waals surface area contributed by atoms with Crippen LogP contribution >= 0.6 is 0 Å². The number of fused-ring (bicyclic) bond motifs is 1. The topological polar surface area (TPSA) is 68.2 Å². The first-order valence-corrected chi connectivity index (χ1v) is 7.11. The first-order chi connectivity index (χ1) is 9.38. The van der Waals surface area contributed by atoms with Crippen molar-refractivity contribution < 1.29 is 0 Å². The quantitative estimate of drug-likeness (QED) is 0.880. The zero-order valence-corrected chi connectivity index (χ0v) is 11.1. The molecular weight excluding hydrogens is 238 g/mol. The molecule has 2 aromatic rings. The van der Waals surface area contributed by atoms with Gasteiger partial charge in [0.2, 0.25) is 0 Å². The number of nitrogens with one attached hydrogen (secondary N) is 1. The molecule has 2 aromatic heterocycles. The summed E-state index contributed by atoms with van der Waals surface area (Å²) < 4.78 is 1.84. The fourth-order valence-electron chi connectivity index (χ4n) is 3.09. The van der Waals surface area contributed by atoms with E-state index in [9.17, 15) is 0 Å². The van der Waals surface area contributed by atoms with E-state index in [1.54, 1.807) is 12.4 Å². The molecule has 0 amide bonds. The third-order valence-electron chi connectivity index (χ3n) is 4.23. The molecule has 1 fully saturated rings. The van der Waals surface area contributed by atoms with Crippen molar-refractivity contribution in [3.8, 4) is 0 Å². The van der Waals surface area contributed by atoms with Gasteiger partial charge in [-0.3, -0.25) is 0 Å². The van der Waals surface area contributed by atoms with Crippen LogP contribution in [0.1, 0.15) is 25.7 Å². The van der Waals surface area contributed by atoms with Crippen molar-refractivity contribution in [2.75, 3.05) is 18.4 Å². The van der Waals surface area contributed by atoms with Crippen molar-refractivity contribution in [1.82, 2.24) is 14.6 Å². The van der Waals surface area contributed by atoms with Crippen LogP contribution < -0.4 is 11.1 Å². The normalized spacial score (nSPS) is 23.6. The predicted octanol–water partition coefficient (Wildman–Crippen LogP) is 1.91. The summed E-state index contributed by atoms with van der Waals surface area (Å²) >= 11 is 0. The first kappa shape index (κ1) is 12.4. The van der Waals surface area contributed by atoms with Gasteiger partial charge >= 0.3 is 0 Å². The molecule has 0 aromatic carbocycles. The van der Waals surface area contributed by atoms with Gasteiger partial charge in [0.15, 0.2) is 5.82 Å². The summed E-state index contributed by atoms with van der Waals surface area (Å²) in [6, 6.07) is 1.98. The largest absolute Gasteiger partial charge is 0.368 e. The van der Waals surface area contributed by atoms with Gasteiger partial charge in [-0.15, -0.1) is 0 Å². The Morgan fingerprint density at radius 2 is 2.11 bits per heavy atom. The predicted molar refractivity (Wildman–Crippen MR) is 76.0 cm³/mol. The molecule has 2 atom stereocenters. The number of rotatable bonds is 4. The third-order valence-corrected chi connectivity index (χ3v) is 4.23. The molecule has 5 heteroatoms. The van der Waals surface area contributed by atoms with Crippen molar-refractivity contribution >= 4 is 11.3 Å². The fourth-order valence-corrected chi connectivity index (χ4v) is 3.09. The van der Waals surface area contributed by atoms with Gasteiger partial charge in [0.1, 0.15) is 5.52 Å². The number of hydrogen-bond acceptors (Lipinski definition) is 4. The Balaban J connectivity index is 1.69. The second-order valence-electron chi connectivity index (χ2n) is 5.36. The summed E-state index contributed by atoms with van der Waals surface area (Å²) in [6.07, 6.45) is 10.6. The number of anilines is 1. The van der Waals surface area contributed by atoms with E-state index in [2.05, 4.69) is 15.4 Å². The van der Waals surface area contributed by atoms with Crippen molar-refractivity contribution in [2.24, 2.45) is 17.6 Å². The van der Waals surface area contributed by atoms with Gasteiger partial charge in [-0.2, -0.15) is 5.10 Å². The Bertz CT molecular complexity index is 535. The SMILES string of the molecule is NCC1CCCCC1CNc1nccn2nccc12. The zero-order chi connectivity index (χ0) is 13.1. The molecule has 1 saturated carbocycles. The highest BCUT2D eigenvalue weighted by Gasteiger charge is 2.23. The lowest BCUT2D eigenvalue weighted by atomic mass is 9.79. The average Bonchev–Trinajstić information content (AvgIpc) is 2.94. The summed E-state index contributed by atoms with van der Waals surface area (Å²) in [4.78, 5) is 4.41. The molecule has 0 saturated heterocycles. The maximum Gasteiger partial charge on any atom is 0.152 e. The average molecular weight is 259 g/mol. The van der Waals surface area contributed by atoms with Crippen LogP contribution in [0.4, 0.5) is 5.82 Å². The lowest BCUT2D eigenvalue weighted by molar-refractivity contribution is 0.255. The fraction of sp³-hybridized carbons (Fsp3) is 0.571. The van der Waals surface area contributed by atoms with Crippen molar-refractivity contribution in [3.63, 3.8) is 0 Å². The molecule has 1 aliphatic carbocycles. The minimum Gasteiger partial charge on any atom is -0.368 e. The summed E-state index contributed by atoms with van der Waals surface area (Å²) in [5, 5.41) is 7.70. The second kappa shape index (κ2) is 5.57. The molecule has 0 bridgehead atoms. The van der Waals surface area contributed by atoms with Gasteiger partial charge < -0.3 is 11.1 Å². The van der Waals surface area contributed by atoms with E-state index in [0.717, 1.165) is 24.4 Å². The Labute approximate surface area is 113 Å². The Hall–Kier alpha value is -1.62. The number of nitrogens with two attached hydrogens (primary N) is 1. The second-order valence-corrected chi connectivity index (χ2v) is 5.36. The molecule has 3 N–H and O–H groups in total. The molecule has 1 aliphatic rings. The van der Waals surface area contributed by atoms with E-state index in [1.807, 2.05) is 16.8 Å². The van der Waals surface area contributed by atoms with Crippen LogP contribution in [0, 0.1) is 11.8 Å².